The summed E-state index contributed by atoms with van der Waals surface area (Å²) in [6.45, 7) is 1.26. The fourth-order valence-electron chi connectivity index (χ4n) is 3.26. The van der Waals surface area contributed by atoms with E-state index in [2.05, 4.69) is 4.98 Å². The molecule has 0 unspecified atom stereocenters. The van der Waals surface area contributed by atoms with Crippen molar-refractivity contribution >= 4 is 27.3 Å². The van der Waals surface area contributed by atoms with Gasteiger partial charge in [-0.1, -0.05) is 18.2 Å². The number of hydrogen-bond acceptors (Lipinski definition) is 8. The van der Waals surface area contributed by atoms with Gasteiger partial charge in [-0.3, -0.25) is 0 Å². The molecule has 1 aliphatic rings. The van der Waals surface area contributed by atoms with Gasteiger partial charge in [0.2, 0.25) is 10.0 Å². The van der Waals surface area contributed by atoms with Crippen molar-refractivity contribution in [3.8, 4) is 16.3 Å². The van der Waals surface area contributed by atoms with E-state index < -0.39 is 16.0 Å². The smallest absolute Gasteiger partial charge is 0.338 e. The molecule has 0 aliphatic carbocycles. The molecular weight excluding hydrogens is 452 g/mol. The van der Waals surface area contributed by atoms with Crippen LogP contribution in [-0.4, -0.2) is 57.1 Å². The van der Waals surface area contributed by atoms with Gasteiger partial charge in [0, 0.05) is 18.5 Å². The van der Waals surface area contributed by atoms with Gasteiger partial charge in [-0.25, -0.2) is 18.2 Å². The molecule has 0 atom stereocenters. The second-order valence-electron chi connectivity index (χ2n) is 6.96. The highest BCUT2D eigenvalue weighted by Gasteiger charge is 2.27. The van der Waals surface area contributed by atoms with Crippen molar-refractivity contribution in [3.63, 3.8) is 0 Å². The van der Waals surface area contributed by atoms with Crippen molar-refractivity contribution < 1.29 is 27.4 Å². The summed E-state index contributed by atoms with van der Waals surface area (Å²) in [6.07, 6.45) is 0. The number of esters is 1. The predicted molar refractivity (Wildman–Crippen MR) is 119 cm³/mol. The van der Waals surface area contributed by atoms with E-state index in [-0.39, 0.29) is 30.2 Å². The van der Waals surface area contributed by atoms with Crippen molar-refractivity contribution in [2.24, 2.45) is 0 Å². The molecule has 32 heavy (non-hydrogen) atoms. The first-order valence-corrected chi connectivity index (χ1v) is 12.2. The molecule has 168 valence electrons. The van der Waals surface area contributed by atoms with Gasteiger partial charge in [0.15, 0.2) is 0 Å². The van der Waals surface area contributed by atoms with Crippen LogP contribution in [0.4, 0.5) is 0 Å². The number of nitrogens with zero attached hydrogens (tertiary/aromatic N) is 2. The summed E-state index contributed by atoms with van der Waals surface area (Å²) in [5, 5.41) is 2.57. The second kappa shape index (κ2) is 9.78. The van der Waals surface area contributed by atoms with Crippen molar-refractivity contribution in [2.75, 3.05) is 33.4 Å². The number of aromatic nitrogens is 1. The number of hydrogen-bond donors (Lipinski definition) is 0. The summed E-state index contributed by atoms with van der Waals surface area (Å²) in [7, 11) is -2.10. The average molecular weight is 475 g/mol. The normalized spacial score (nSPS) is 14.8. The zero-order valence-electron chi connectivity index (χ0n) is 17.4. The number of benzene rings is 2. The summed E-state index contributed by atoms with van der Waals surface area (Å²) < 4.78 is 43.0. The number of morpholine rings is 1. The summed E-state index contributed by atoms with van der Waals surface area (Å²) >= 11 is 1.42. The van der Waals surface area contributed by atoms with Crippen LogP contribution in [-0.2, 0) is 26.1 Å². The lowest BCUT2D eigenvalue weighted by atomic mass is 10.2. The van der Waals surface area contributed by atoms with Crippen LogP contribution in [0.5, 0.6) is 5.75 Å². The number of rotatable bonds is 7. The number of carbonyl (C=O) groups excluding carboxylic acids is 1. The molecule has 0 amide bonds. The third kappa shape index (κ3) is 4.83. The molecule has 1 aliphatic heterocycles. The Bertz CT molecular complexity index is 1200. The molecule has 1 aromatic heterocycles. The Hall–Kier alpha value is -2.79. The van der Waals surface area contributed by atoms with E-state index in [1.165, 1.54) is 39.9 Å². The van der Waals surface area contributed by atoms with Gasteiger partial charge >= 0.3 is 5.97 Å². The van der Waals surface area contributed by atoms with Crippen LogP contribution in [0.25, 0.3) is 10.6 Å². The maximum atomic E-state index is 12.8. The summed E-state index contributed by atoms with van der Waals surface area (Å²) in [5.41, 5.74) is 1.62. The van der Waals surface area contributed by atoms with Crippen molar-refractivity contribution in [2.45, 2.75) is 11.5 Å². The molecule has 1 fully saturated rings. The molecule has 2 heterocycles. The van der Waals surface area contributed by atoms with E-state index in [0.717, 1.165) is 10.6 Å². The molecule has 10 heteroatoms. The molecule has 8 nitrogen and oxygen atoms in total. The highest BCUT2D eigenvalue weighted by Crippen LogP contribution is 2.32. The Kier molecular flexibility index (Phi) is 6.85. The van der Waals surface area contributed by atoms with Gasteiger partial charge in [-0.2, -0.15) is 4.31 Å². The molecule has 0 spiro atoms. The van der Waals surface area contributed by atoms with Gasteiger partial charge in [0.05, 0.1) is 42.0 Å². The first kappa shape index (κ1) is 22.4. The van der Waals surface area contributed by atoms with Crippen LogP contribution in [0.15, 0.2) is 58.8 Å². The molecule has 2 aromatic carbocycles. The third-order valence-corrected chi connectivity index (χ3v) is 7.74. The standard InChI is InChI=1S/C22H22N2O6S2/c1-28-20-8-3-2-7-19(20)21-23-17(15-31-21)14-30-22(25)16-5-4-6-18(13-16)32(26,27)24-9-11-29-12-10-24/h2-8,13,15H,9-12,14H2,1H3. The van der Waals surface area contributed by atoms with Crippen LogP contribution in [0.3, 0.4) is 0 Å². The summed E-state index contributed by atoms with van der Waals surface area (Å²) in [5.74, 6) is 0.0968. The Balaban J connectivity index is 1.44. The van der Waals surface area contributed by atoms with Crippen molar-refractivity contribution in [1.29, 1.82) is 0 Å². The summed E-state index contributed by atoms with van der Waals surface area (Å²) in [6, 6.07) is 13.4. The molecule has 1 saturated heterocycles. The molecule has 0 bridgehead atoms. The number of methoxy groups -OCH3 is 1. The number of sulfonamides is 1. The first-order valence-electron chi connectivity index (χ1n) is 9.92. The fourth-order valence-corrected chi connectivity index (χ4v) is 5.55. The maximum absolute atomic E-state index is 12.8. The first-order chi connectivity index (χ1) is 15.5. The molecule has 3 aromatic rings. The van der Waals surface area contributed by atoms with Gasteiger partial charge < -0.3 is 14.2 Å². The predicted octanol–water partition coefficient (Wildman–Crippen LogP) is 3.20. The summed E-state index contributed by atoms with van der Waals surface area (Å²) in [4.78, 5) is 17.1. The average Bonchev–Trinajstić information content (AvgIpc) is 3.32. The number of carbonyl (C=O) groups is 1. The zero-order valence-corrected chi connectivity index (χ0v) is 19.0. The lowest BCUT2D eigenvalue weighted by Crippen LogP contribution is -2.40. The van der Waals surface area contributed by atoms with Crippen LogP contribution in [0.1, 0.15) is 16.1 Å². The monoisotopic (exact) mass is 474 g/mol. The van der Waals surface area contributed by atoms with Gasteiger partial charge in [0.1, 0.15) is 17.4 Å². The lowest BCUT2D eigenvalue weighted by Gasteiger charge is -2.26. The Labute approximate surface area is 190 Å². The Morgan fingerprint density at radius 1 is 1.16 bits per heavy atom. The van der Waals surface area contributed by atoms with E-state index in [1.54, 1.807) is 7.11 Å². The van der Waals surface area contributed by atoms with E-state index in [0.29, 0.717) is 24.7 Å². The number of para-hydroxylation sites is 1. The maximum Gasteiger partial charge on any atom is 0.338 e. The lowest BCUT2D eigenvalue weighted by molar-refractivity contribution is 0.0468. The van der Waals surface area contributed by atoms with E-state index in [9.17, 15) is 13.2 Å². The minimum absolute atomic E-state index is 0.0229. The quantitative estimate of drug-likeness (QED) is 0.485. The van der Waals surface area contributed by atoms with Crippen LogP contribution in [0, 0.1) is 0 Å². The van der Waals surface area contributed by atoms with Gasteiger partial charge in [-0.05, 0) is 30.3 Å². The SMILES string of the molecule is COc1ccccc1-c1nc(COC(=O)c2cccc(S(=O)(=O)N3CCOCC3)c2)cs1. The van der Waals surface area contributed by atoms with E-state index in [1.807, 2.05) is 29.6 Å². The van der Waals surface area contributed by atoms with Crippen molar-refractivity contribution in [1.82, 2.24) is 9.29 Å². The van der Waals surface area contributed by atoms with E-state index in [4.69, 9.17) is 14.2 Å². The van der Waals surface area contributed by atoms with Gasteiger partial charge in [0.25, 0.3) is 0 Å². The topological polar surface area (TPSA) is 95.0 Å². The second-order valence-corrected chi connectivity index (χ2v) is 9.76. The minimum Gasteiger partial charge on any atom is -0.496 e. The Morgan fingerprint density at radius 2 is 1.94 bits per heavy atom. The highest BCUT2D eigenvalue weighted by atomic mass is 32.2. The van der Waals surface area contributed by atoms with Gasteiger partial charge in [-0.15, -0.1) is 11.3 Å². The highest BCUT2D eigenvalue weighted by molar-refractivity contribution is 7.89. The number of ether oxygens (including phenoxy) is 3. The van der Waals surface area contributed by atoms with Crippen molar-refractivity contribution in [3.05, 3.63) is 65.2 Å². The largest absolute Gasteiger partial charge is 0.496 e. The van der Waals surface area contributed by atoms with Crippen LogP contribution >= 0.6 is 11.3 Å². The number of thiazole rings is 1. The third-order valence-electron chi connectivity index (χ3n) is 4.92. The molecular formula is C22H22N2O6S2. The molecule has 0 saturated carbocycles. The zero-order chi connectivity index (χ0) is 22.6. The Morgan fingerprint density at radius 3 is 2.72 bits per heavy atom. The fraction of sp³-hybridized carbons (Fsp3) is 0.273. The molecule has 0 radical (unpaired) electrons. The van der Waals surface area contributed by atoms with Crippen LogP contribution < -0.4 is 4.74 Å². The minimum atomic E-state index is -3.70. The van der Waals surface area contributed by atoms with Crippen LogP contribution in [0.2, 0.25) is 0 Å². The molecule has 0 N–H and O–H groups in total. The van der Waals surface area contributed by atoms with E-state index >= 15 is 0 Å². The molecule has 4 rings (SSSR count).